The van der Waals surface area contributed by atoms with Gasteiger partial charge in [-0.1, -0.05) is 0 Å². The molecule has 0 unspecified atom stereocenters. The number of halogens is 2. The molecule has 42 heavy (non-hydrogen) atoms. The average Bonchev–Trinajstić information content (AvgIpc) is 3.28. The van der Waals surface area contributed by atoms with Crippen LogP contribution in [0.1, 0.15) is 39.4 Å². The van der Waals surface area contributed by atoms with Crippen LogP contribution in [0.15, 0.2) is 36.5 Å². The van der Waals surface area contributed by atoms with Crippen LogP contribution in [0.5, 0.6) is 5.75 Å². The zero-order chi connectivity index (χ0) is 30.6. The van der Waals surface area contributed by atoms with Gasteiger partial charge in [0.1, 0.15) is 6.07 Å². The van der Waals surface area contributed by atoms with Crippen molar-refractivity contribution in [2.45, 2.75) is 31.8 Å². The molecular formula is C30H36F2N7O3+. The first kappa shape index (κ1) is 30.6. The van der Waals surface area contributed by atoms with Crippen LogP contribution in [0.25, 0.3) is 11.3 Å². The van der Waals surface area contributed by atoms with Gasteiger partial charge in [-0.2, -0.15) is 9.65 Å². The second-order valence-electron chi connectivity index (χ2n) is 11.5. The van der Waals surface area contributed by atoms with Crippen molar-refractivity contribution < 1.29 is 27.6 Å². The third-order valence-corrected chi connectivity index (χ3v) is 7.22. The Balaban J connectivity index is 1.35. The number of rotatable bonds is 11. The third-order valence-electron chi connectivity index (χ3n) is 7.22. The summed E-state index contributed by atoms with van der Waals surface area (Å²) >= 11 is 0. The third kappa shape index (κ3) is 7.10. The predicted molar refractivity (Wildman–Crippen MR) is 154 cm³/mol. The Morgan fingerprint density at radius 1 is 1.12 bits per heavy atom. The van der Waals surface area contributed by atoms with Crippen LogP contribution in [0.4, 0.5) is 14.5 Å². The van der Waals surface area contributed by atoms with E-state index in [4.69, 9.17) is 10.00 Å². The van der Waals surface area contributed by atoms with E-state index in [9.17, 15) is 18.4 Å². The van der Waals surface area contributed by atoms with E-state index in [1.54, 1.807) is 31.2 Å². The molecule has 0 atom stereocenters. The largest absolute Gasteiger partial charge is 0.476 e. The first-order chi connectivity index (χ1) is 19.9. The fourth-order valence-electron chi connectivity index (χ4n) is 4.77. The fraction of sp³-hybridized carbons (Fsp3) is 0.400. The van der Waals surface area contributed by atoms with E-state index in [0.29, 0.717) is 22.9 Å². The standard InChI is InChI=1S/C30H35F2N7O3/c1-18-14-19(6-7-22(18)29(40)37-21-15-20(16-21)34-11-12-39(3,4)5)36-30(41)28-35-17-24(38(28)2)23-8-9-25(42-13-10-33)27(32)26(23)31/h6-9,14,17,20-21,34H,11-13,15-16H2,1-5H3,(H-,36,37,40,41)/p+1. The quantitative estimate of drug-likeness (QED) is 0.299. The van der Waals surface area contributed by atoms with Crippen molar-refractivity contribution in [1.29, 1.82) is 5.26 Å². The molecule has 10 nitrogen and oxygen atoms in total. The van der Waals surface area contributed by atoms with Crippen molar-refractivity contribution in [3.8, 4) is 23.1 Å². The summed E-state index contributed by atoms with van der Waals surface area (Å²) in [5.74, 6) is -3.55. The van der Waals surface area contributed by atoms with Gasteiger partial charge in [0.05, 0.1) is 39.6 Å². The van der Waals surface area contributed by atoms with Crippen LogP contribution in [0, 0.1) is 29.9 Å². The molecule has 2 amide bonds. The maximum Gasteiger partial charge on any atom is 0.291 e. The lowest BCUT2D eigenvalue weighted by atomic mass is 9.86. The zero-order valence-electron chi connectivity index (χ0n) is 24.4. The highest BCUT2D eigenvalue weighted by molar-refractivity contribution is 6.03. The number of anilines is 1. The average molecular weight is 581 g/mol. The summed E-state index contributed by atoms with van der Waals surface area (Å²) in [4.78, 5) is 30.0. The molecule has 0 spiro atoms. The Bertz CT molecular complexity index is 1520. The Hall–Kier alpha value is -4.34. The number of amides is 2. The fourth-order valence-corrected chi connectivity index (χ4v) is 4.77. The van der Waals surface area contributed by atoms with Gasteiger partial charge < -0.3 is 29.7 Å². The lowest BCUT2D eigenvalue weighted by Crippen LogP contribution is -2.54. The van der Waals surface area contributed by atoms with Crippen molar-refractivity contribution in [1.82, 2.24) is 20.2 Å². The highest BCUT2D eigenvalue weighted by atomic mass is 19.2. The summed E-state index contributed by atoms with van der Waals surface area (Å²) in [6.45, 7) is 3.33. The second-order valence-corrected chi connectivity index (χ2v) is 11.5. The van der Waals surface area contributed by atoms with Crippen LogP contribution in [-0.4, -0.2) is 78.8 Å². The summed E-state index contributed by atoms with van der Waals surface area (Å²) in [7, 11) is 7.98. The number of aromatic nitrogens is 2. The number of nitrogens with zero attached hydrogens (tertiary/aromatic N) is 4. The van der Waals surface area contributed by atoms with E-state index in [2.05, 4.69) is 42.1 Å². The van der Waals surface area contributed by atoms with Gasteiger partial charge in [0.15, 0.2) is 24.0 Å². The SMILES string of the molecule is Cc1cc(NC(=O)c2ncc(-c3ccc(OCC#N)c(F)c3F)n2C)ccc1C(=O)NC1CC(NCC[N+](C)(C)C)C1. The van der Waals surface area contributed by atoms with Crippen LogP contribution in [-0.2, 0) is 7.05 Å². The molecule has 222 valence electrons. The van der Waals surface area contributed by atoms with Crippen molar-refractivity contribution in [2.24, 2.45) is 7.05 Å². The monoisotopic (exact) mass is 580 g/mol. The number of benzene rings is 2. The highest BCUT2D eigenvalue weighted by Crippen LogP contribution is 2.30. The number of likely N-dealkylation sites (N-methyl/N-ethyl adjacent to an activating group) is 1. The number of carbonyl (C=O) groups is 2. The summed E-state index contributed by atoms with van der Waals surface area (Å²) in [6.07, 6.45) is 3.04. The summed E-state index contributed by atoms with van der Waals surface area (Å²) in [5, 5.41) is 18.0. The Kier molecular flexibility index (Phi) is 9.23. The van der Waals surface area contributed by atoms with Gasteiger partial charge in [-0.05, 0) is 55.7 Å². The maximum absolute atomic E-state index is 14.8. The highest BCUT2D eigenvalue weighted by Gasteiger charge is 2.30. The topological polar surface area (TPSA) is 121 Å². The predicted octanol–water partition coefficient (Wildman–Crippen LogP) is 3.39. The molecule has 1 aromatic heterocycles. The Morgan fingerprint density at radius 2 is 1.86 bits per heavy atom. The molecule has 0 saturated heterocycles. The number of nitrogens with one attached hydrogen (secondary N) is 3. The number of hydrogen-bond donors (Lipinski definition) is 3. The molecule has 1 saturated carbocycles. The van der Waals surface area contributed by atoms with Gasteiger partial charge in [0.2, 0.25) is 5.82 Å². The van der Waals surface area contributed by atoms with Crippen molar-refractivity contribution in [3.05, 3.63) is 65.1 Å². The molecule has 12 heteroatoms. The van der Waals surface area contributed by atoms with Crippen molar-refractivity contribution in [2.75, 3.05) is 46.2 Å². The van der Waals surface area contributed by atoms with Gasteiger partial charge >= 0.3 is 0 Å². The van der Waals surface area contributed by atoms with Gasteiger partial charge in [0, 0.05) is 42.5 Å². The molecule has 0 aliphatic heterocycles. The smallest absolute Gasteiger partial charge is 0.291 e. The number of carbonyl (C=O) groups excluding carboxylic acids is 2. The molecule has 4 rings (SSSR count). The number of hydrogen-bond acceptors (Lipinski definition) is 6. The Morgan fingerprint density at radius 3 is 2.52 bits per heavy atom. The van der Waals surface area contributed by atoms with Gasteiger partial charge in [-0.15, -0.1) is 0 Å². The van der Waals surface area contributed by atoms with Gasteiger partial charge in [-0.25, -0.2) is 9.37 Å². The molecule has 2 aromatic carbocycles. The number of aryl methyl sites for hydroxylation is 1. The first-order valence-corrected chi connectivity index (χ1v) is 13.6. The minimum atomic E-state index is -1.24. The van der Waals surface area contributed by atoms with E-state index < -0.39 is 24.1 Å². The number of quaternary nitrogens is 1. The minimum absolute atomic E-state index is 0.0244. The lowest BCUT2D eigenvalue weighted by molar-refractivity contribution is -0.869. The van der Waals surface area contributed by atoms with Gasteiger partial charge in [-0.3, -0.25) is 9.59 Å². The number of nitriles is 1. The van der Waals surface area contributed by atoms with E-state index in [-0.39, 0.29) is 34.8 Å². The number of imidazole rings is 1. The molecule has 0 bridgehead atoms. The van der Waals surface area contributed by atoms with E-state index >= 15 is 0 Å². The van der Waals surface area contributed by atoms with E-state index in [1.165, 1.54) is 29.9 Å². The molecule has 1 aliphatic rings. The molecular weight excluding hydrogens is 544 g/mol. The number of ether oxygens (including phenoxy) is 1. The first-order valence-electron chi connectivity index (χ1n) is 13.6. The van der Waals surface area contributed by atoms with E-state index in [1.807, 2.05) is 0 Å². The summed E-state index contributed by atoms with van der Waals surface area (Å²) in [5.41, 5.74) is 1.73. The van der Waals surface area contributed by atoms with Crippen LogP contribution >= 0.6 is 0 Å². The molecule has 3 N–H and O–H groups in total. The normalized spacial score (nSPS) is 16.3. The molecule has 1 heterocycles. The molecule has 0 radical (unpaired) electrons. The Labute approximate surface area is 243 Å². The van der Waals surface area contributed by atoms with Crippen molar-refractivity contribution >= 4 is 17.5 Å². The lowest BCUT2D eigenvalue weighted by Gasteiger charge is -2.37. The van der Waals surface area contributed by atoms with Crippen LogP contribution in [0.3, 0.4) is 0 Å². The minimum Gasteiger partial charge on any atom is -0.476 e. The zero-order valence-corrected chi connectivity index (χ0v) is 24.4. The van der Waals surface area contributed by atoms with Gasteiger partial charge in [0.25, 0.3) is 11.8 Å². The summed E-state index contributed by atoms with van der Waals surface area (Å²) in [6, 6.07) is 9.72. The van der Waals surface area contributed by atoms with E-state index in [0.717, 1.165) is 30.4 Å². The molecule has 1 aliphatic carbocycles. The molecule has 1 fully saturated rings. The van der Waals surface area contributed by atoms with Crippen LogP contribution in [0.2, 0.25) is 0 Å². The van der Waals surface area contributed by atoms with Crippen molar-refractivity contribution in [3.63, 3.8) is 0 Å². The van der Waals surface area contributed by atoms with Crippen LogP contribution < -0.4 is 20.7 Å². The maximum atomic E-state index is 14.8. The summed E-state index contributed by atoms with van der Waals surface area (Å²) < 4.78 is 36.3. The second kappa shape index (κ2) is 12.7. The molecule has 3 aromatic rings.